The van der Waals surface area contributed by atoms with Gasteiger partial charge in [0.1, 0.15) is 18.1 Å². The second-order valence-electron chi connectivity index (χ2n) is 4.01. The molecule has 0 saturated carbocycles. The van der Waals surface area contributed by atoms with E-state index in [1.54, 1.807) is 31.4 Å². The molecule has 0 heterocycles. The van der Waals surface area contributed by atoms with Crippen molar-refractivity contribution in [3.8, 4) is 11.5 Å². The molecule has 4 nitrogen and oxygen atoms in total. The van der Waals surface area contributed by atoms with Gasteiger partial charge in [0.05, 0.1) is 7.11 Å². The molecule has 0 fully saturated rings. The number of ether oxygens (including phenoxy) is 2. The molecule has 0 aromatic heterocycles. The Bertz CT molecular complexity index is 542. The first-order valence-electron chi connectivity index (χ1n) is 5.92. The molecule has 0 amide bonds. The van der Waals surface area contributed by atoms with E-state index in [-0.39, 0.29) is 0 Å². The Balaban J connectivity index is 2.15. The maximum atomic E-state index is 9.25. The SMILES string of the molecule is COc1ccccc1COc1ccccc1B(O)O. The topological polar surface area (TPSA) is 58.9 Å². The van der Waals surface area contributed by atoms with Gasteiger partial charge in [-0.1, -0.05) is 36.4 Å². The van der Waals surface area contributed by atoms with E-state index in [4.69, 9.17) is 9.47 Å². The van der Waals surface area contributed by atoms with E-state index >= 15 is 0 Å². The van der Waals surface area contributed by atoms with E-state index in [0.717, 1.165) is 11.3 Å². The molecule has 2 aromatic rings. The summed E-state index contributed by atoms with van der Waals surface area (Å²) in [5.41, 5.74) is 1.24. The lowest BCUT2D eigenvalue weighted by molar-refractivity contribution is 0.297. The summed E-state index contributed by atoms with van der Waals surface area (Å²) in [5.74, 6) is 1.19. The van der Waals surface area contributed by atoms with E-state index in [1.807, 2.05) is 24.3 Å². The summed E-state index contributed by atoms with van der Waals surface area (Å²) in [5, 5.41) is 18.5. The van der Waals surface area contributed by atoms with Crippen LogP contribution in [0.4, 0.5) is 0 Å². The average molecular weight is 258 g/mol. The third-order valence-corrected chi connectivity index (χ3v) is 2.77. The summed E-state index contributed by atoms with van der Waals surface area (Å²) in [7, 11) is 0.0541. The van der Waals surface area contributed by atoms with Crippen LogP contribution >= 0.6 is 0 Å². The summed E-state index contributed by atoms with van der Waals surface area (Å²) in [6.07, 6.45) is 0. The number of rotatable bonds is 5. The van der Waals surface area contributed by atoms with Crippen LogP contribution in [0.25, 0.3) is 0 Å². The van der Waals surface area contributed by atoms with E-state index in [9.17, 15) is 10.0 Å². The van der Waals surface area contributed by atoms with E-state index in [0.29, 0.717) is 17.8 Å². The Morgan fingerprint density at radius 2 is 1.58 bits per heavy atom. The molecule has 2 N–H and O–H groups in total. The average Bonchev–Trinajstić information content (AvgIpc) is 2.45. The molecule has 0 aliphatic heterocycles. The van der Waals surface area contributed by atoms with Gasteiger partial charge in [0.2, 0.25) is 0 Å². The molecular weight excluding hydrogens is 243 g/mol. The van der Waals surface area contributed by atoms with Crippen LogP contribution in [0.3, 0.4) is 0 Å². The van der Waals surface area contributed by atoms with Crippen molar-refractivity contribution in [2.75, 3.05) is 7.11 Å². The number of methoxy groups -OCH3 is 1. The Morgan fingerprint density at radius 3 is 2.26 bits per heavy atom. The molecule has 5 heteroatoms. The molecule has 0 bridgehead atoms. The molecule has 2 rings (SSSR count). The Kier molecular flexibility index (Phi) is 4.44. The molecule has 0 unspecified atom stereocenters. The lowest BCUT2D eigenvalue weighted by Gasteiger charge is -2.12. The third-order valence-electron chi connectivity index (χ3n) is 2.77. The van der Waals surface area contributed by atoms with E-state index in [1.165, 1.54) is 0 Å². The zero-order valence-corrected chi connectivity index (χ0v) is 10.6. The molecule has 19 heavy (non-hydrogen) atoms. The third kappa shape index (κ3) is 3.27. The smallest absolute Gasteiger partial charge is 0.492 e. The van der Waals surface area contributed by atoms with Crippen LogP contribution in [-0.4, -0.2) is 24.3 Å². The molecule has 0 saturated heterocycles. The van der Waals surface area contributed by atoms with Crippen LogP contribution in [0, 0.1) is 0 Å². The fourth-order valence-corrected chi connectivity index (χ4v) is 1.80. The molecule has 0 spiro atoms. The van der Waals surface area contributed by atoms with Gasteiger partial charge in [-0.2, -0.15) is 0 Å². The summed E-state index contributed by atoms with van der Waals surface area (Å²) < 4.78 is 10.9. The molecule has 2 aromatic carbocycles. The normalized spacial score (nSPS) is 10.1. The summed E-state index contributed by atoms with van der Waals surface area (Å²) in [6, 6.07) is 14.4. The molecule has 0 aliphatic rings. The quantitative estimate of drug-likeness (QED) is 0.784. The minimum atomic E-state index is -1.55. The van der Waals surface area contributed by atoms with Crippen molar-refractivity contribution in [1.29, 1.82) is 0 Å². The van der Waals surface area contributed by atoms with Crippen LogP contribution in [0.5, 0.6) is 11.5 Å². The van der Waals surface area contributed by atoms with Crippen molar-refractivity contribution >= 4 is 12.6 Å². The number of benzene rings is 2. The van der Waals surface area contributed by atoms with Crippen LogP contribution < -0.4 is 14.9 Å². The van der Waals surface area contributed by atoms with Crippen LogP contribution in [0.1, 0.15) is 5.56 Å². The predicted octanol–water partition coefficient (Wildman–Crippen LogP) is 0.954. The fraction of sp³-hybridized carbons (Fsp3) is 0.143. The number of hydrogen-bond donors (Lipinski definition) is 2. The van der Waals surface area contributed by atoms with Gasteiger partial charge >= 0.3 is 7.12 Å². The lowest BCUT2D eigenvalue weighted by atomic mass is 9.79. The highest BCUT2D eigenvalue weighted by Crippen LogP contribution is 2.19. The second-order valence-corrected chi connectivity index (χ2v) is 4.01. The van der Waals surface area contributed by atoms with Crippen LogP contribution in [0.15, 0.2) is 48.5 Å². The van der Waals surface area contributed by atoms with Gasteiger partial charge in [0.25, 0.3) is 0 Å². The number of hydrogen-bond acceptors (Lipinski definition) is 4. The molecular formula is C14H15BO4. The summed E-state index contributed by atoms with van der Waals surface area (Å²) in [4.78, 5) is 0. The summed E-state index contributed by atoms with van der Waals surface area (Å²) >= 11 is 0. The van der Waals surface area contributed by atoms with E-state index in [2.05, 4.69) is 0 Å². The second kappa shape index (κ2) is 6.27. The molecule has 0 radical (unpaired) electrons. The van der Waals surface area contributed by atoms with Gasteiger partial charge in [0, 0.05) is 11.0 Å². The standard InChI is InChI=1S/C14H15BO4/c1-18-13-8-4-2-6-11(13)10-19-14-9-5-3-7-12(14)15(16)17/h2-9,16-17H,10H2,1H3. The van der Waals surface area contributed by atoms with Gasteiger partial charge < -0.3 is 19.5 Å². The van der Waals surface area contributed by atoms with Gasteiger partial charge in [0.15, 0.2) is 0 Å². The van der Waals surface area contributed by atoms with E-state index < -0.39 is 7.12 Å². The zero-order chi connectivity index (χ0) is 13.7. The molecule has 98 valence electrons. The molecule has 0 atom stereocenters. The first-order chi connectivity index (χ1) is 9.22. The summed E-state index contributed by atoms with van der Waals surface area (Å²) in [6.45, 7) is 0.299. The molecule has 0 aliphatic carbocycles. The van der Waals surface area contributed by atoms with Gasteiger partial charge in [-0.3, -0.25) is 0 Å². The Morgan fingerprint density at radius 1 is 0.947 bits per heavy atom. The minimum Gasteiger partial charge on any atom is -0.496 e. The number of para-hydroxylation sites is 2. The van der Waals surface area contributed by atoms with Crippen molar-refractivity contribution in [2.24, 2.45) is 0 Å². The maximum absolute atomic E-state index is 9.25. The minimum absolute atomic E-state index is 0.299. The first-order valence-corrected chi connectivity index (χ1v) is 5.92. The fourth-order valence-electron chi connectivity index (χ4n) is 1.80. The van der Waals surface area contributed by atoms with Gasteiger partial charge in [-0.15, -0.1) is 0 Å². The lowest BCUT2D eigenvalue weighted by Crippen LogP contribution is -2.31. The largest absolute Gasteiger partial charge is 0.496 e. The van der Waals surface area contributed by atoms with Crippen molar-refractivity contribution in [3.63, 3.8) is 0 Å². The Hall–Kier alpha value is -1.98. The highest BCUT2D eigenvalue weighted by molar-refractivity contribution is 6.59. The van der Waals surface area contributed by atoms with Crippen molar-refractivity contribution in [1.82, 2.24) is 0 Å². The van der Waals surface area contributed by atoms with Gasteiger partial charge in [-0.25, -0.2) is 0 Å². The van der Waals surface area contributed by atoms with Crippen molar-refractivity contribution < 1.29 is 19.5 Å². The van der Waals surface area contributed by atoms with Crippen LogP contribution in [0.2, 0.25) is 0 Å². The maximum Gasteiger partial charge on any atom is 0.492 e. The zero-order valence-electron chi connectivity index (χ0n) is 10.6. The van der Waals surface area contributed by atoms with Gasteiger partial charge in [-0.05, 0) is 12.1 Å². The van der Waals surface area contributed by atoms with Crippen LogP contribution in [-0.2, 0) is 6.61 Å². The predicted molar refractivity (Wildman–Crippen MR) is 73.6 cm³/mol. The highest BCUT2D eigenvalue weighted by atomic mass is 16.5. The Labute approximate surface area is 112 Å². The van der Waals surface area contributed by atoms with Crippen molar-refractivity contribution in [3.05, 3.63) is 54.1 Å². The monoisotopic (exact) mass is 258 g/mol. The van der Waals surface area contributed by atoms with Crippen molar-refractivity contribution in [2.45, 2.75) is 6.61 Å². The highest BCUT2D eigenvalue weighted by Gasteiger charge is 2.16. The first kappa shape index (κ1) is 13.5.